The zero-order chi connectivity index (χ0) is 12.2. The van der Waals surface area contributed by atoms with Crippen LogP contribution in [0.25, 0.3) is 0 Å². The van der Waals surface area contributed by atoms with E-state index in [1.807, 2.05) is 6.92 Å². The molecule has 0 rings (SSSR count). The number of nitrogens with zero attached hydrogens (tertiary/aromatic N) is 1. The first-order valence-corrected chi connectivity index (χ1v) is 8.90. The molecule has 0 aromatic carbocycles. The Morgan fingerprint density at radius 2 is 1.87 bits per heavy atom. The fourth-order valence-corrected chi connectivity index (χ4v) is 2.81. The minimum absolute atomic E-state index is 0.188. The molecule has 0 fully saturated rings. The average Bonchev–Trinajstić information content (AvgIpc) is 2.00. The first-order chi connectivity index (χ1) is 6.63. The molecule has 0 heterocycles. The van der Waals surface area contributed by atoms with Crippen LogP contribution < -0.4 is 0 Å². The van der Waals surface area contributed by atoms with Crippen molar-refractivity contribution in [3.8, 4) is 0 Å². The maximum absolute atomic E-state index is 11.3. The molecule has 1 unspecified atom stereocenters. The minimum atomic E-state index is -1.17. The predicted molar refractivity (Wildman–Crippen MR) is 66.9 cm³/mol. The summed E-state index contributed by atoms with van der Waals surface area (Å²) in [5.41, 5.74) is 1.02. The van der Waals surface area contributed by atoms with Gasteiger partial charge in [-0.25, -0.2) is 4.79 Å². The van der Waals surface area contributed by atoms with E-state index in [9.17, 15) is 4.79 Å². The van der Waals surface area contributed by atoms with E-state index in [4.69, 9.17) is 4.74 Å². The molecule has 0 saturated carbocycles. The topological polar surface area (TPSA) is 29.5 Å². The van der Waals surface area contributed by atoms with Crippen molar-refractivity contribution < 1.29 is 9.53 Å². The maximum atomic E-state index is 11.3. The summed E-state index contributed by atoms with van der Waals surface area (Å²) < 4.78 is 5.23. The lowest BCUT2D eigenvalue weighted by molar-refractivity contribution is 0.0965. The van der Waals surface area contributed by atoms with Gasteiger partial charge < -0.3 is 9.64 Å². The van der Waals surface area contributed by atoms with Gasteiger partial charge in [0.05, 0.1) is 0 Å². The van der Waals surface area contributed by atoms with Gasteiger partial charge in [0.1, 0.15) is 6.10 Å². The van der Waals surface area contributed by atoms with Gasteiger partial charge in [-0.2, -0.15) is 0 Å². The van der Waals surface area contributed by atoms with Crippen LogP contribution in [0, 0.1) is 0 Å². The summed E-state index contributed by atoms with van der Waals surface area (Å²) in [4.78, 5) is 12.7. The highest BCUT2D eigenvalue weighted by atomic mass is 28.3. The quantitative estimate of drug-likeness (QED) is 0.548. The number of amides is 1. The standard InChI is InChI=1S/C11H23NO2Si/c1-9(8-15(5,6)7)10(2)14-11(13)12(3)4/h10H,1,8H2,2-7H3. The van der Waals surface area contributed by atoms with E-state index in [-0.39, 0.29) is 12.2 Å². The second-order valence-electron chi connectivity index (χ2n) is 5.32. The number of hydrogen-bond donors (Lipinski definition) is 0. The van der Waals surface area contributed by atoms with Crippen LogP contribution in [0.4, 0.5) is 4.79 Å². The summed E-state index contributed by atoms with van der Waals surface area (Å²) in [6.07, 6.45) is -0.495. The van der Waals surface area contributed by atoms with Gasteiger partial charge in [-0.05, 0) is 18.5 Å². The van der Waals surface area contributed by atoms with Crippen molar-refractivity contribution in [1.29, 1.82) is 0 Å². The van der Waals surface area contributed by atoms with Crippen LogP contribution in [0.2, 0.25) is 25.7 Å². The Morgan fingerprint density at radius 1 is 1.40 bits per heavy atom. The third-order valence-corrected chi connectivity index (χ3v) is 3.49. The Morgan fingerprint density at radius 3 is 2.20 bits per heavy atom. The molecule has 0 radical (unpaired) electrons. The molecule has 0 aliphatic heterocycles. The predicted octanol–water partition coefficient (Wildman–Crippen LogP) is 2.97. The van der Waals surface area contributed by atoms with Crippen LogP contribution in [0.15, 0.2) is 12.2 Å². The largest absolute Gasteiger partial charge is 0.442 e. The maximum Gasteiger partial charge on any atom is 0.409 e. The second-order valence-corrected chi connectivity index (χ2v) is 10.8. The van der Waals surface area contributed by atoms with Crippen molar-refractivity contribution in [1.82, 2.24) is 4.90 Å². The number of carbonyl (C=O) groups excluding carboxylic acids is 1. The Bertz CT molecular complexity index is 243. The van der Waals surface area contributed by atoms with E-state index in [0.717, 1.165) is 11.6 Å². The smallest absolute Gasteiger partial charge is 0.409 e. The third kappa shape index (κ3) is 6.33. The lowest BCUT2D eigenvalue weighted by Gasteiger charge is -2.23. The summed E-state index contributed by atoms with van der Waals surface area (Å²) in [5.74, 6) is 0. The van der Waals surface area contributed by atoms with E-state index in [1.54, 1.807) is 14.1 Å². The Labute approximate surface area is 94.1 Å². The highest BCUT2D eigenvalue weighted by Gasteiger charge is 2.20. The van der Waals surface area contributed by atoms with E-state index < -0.39 is 8.07 Å². The van der Waals surface area contributed by atoms with Gasteiger partial charge in [0, 0.05) is 22.2 Å². The molecule has 0 aromatic heterocycles. The fourth-order valence-electron chi connectivity index (χ4n) is 1.16. The highest BCUT2D eigenvalue weighted by molar-refractivity contribution is 6.76. The van der Waals surface area contributed by atoms with Crippen LogP contribution in [-0.4, -0.2) is 39.3 Å². The van der Waals surface area contributed by atoms with Crippen molar-refractivity contribution in [2.24, 2.45) is 0 Å². The van der Waals surface area contributed by atoms with Crippen molar-refractivity contribution >= 4 is 14.2 Å². The van der Waals surface area contributed by atoms with Gasteiger partial charge in [0.2, 0.25) is 0 Å². The number of rotatable bonds is 4. The molecule has 1 atom stereocenters. The molecule has 0 saturated heterocycles. The van der Waals surface area contributed by atoms with Gasteiger partial charge >= 0.3 is 6.09 Å². The molecular weight excluding hydrogens is 206 g/mol. The van der Waals surface area contributed by atoms with Crippen LogP contribution in [-0.2, 0) is 4.74 Å². The summed E-state index contributed by atoms with van der Waals surface area (Å²) in [6.45, 7) is 12.7. The van der Waals surface area contributed by atoms with Crippen molar-refractivity contribution in [3.63, 3.8) is 0 Å². The molecule has 0 spiro atoms. The van der Waals surface area contributed by atoms with Crippen LogP contribution in [0.5, 0.6) is 0 Å². The Balaban J connectivity index is 4.17. The van der Waals surface area contributed by atoms with Crippen molar-refractivity contribution in [3.05, 3.63) is 12.2 Å². The molecule has 3 nitrogen and oxygen atoms in total. The first-order valence-electron chi connectivity index (χ1n) is 5.19. The highest BCUT2D eigenvalue weighted by Crippen LogP contribution is 2.19. The molecule has 88 valence electrons. The van der Waals surface area contributed by atoms with E-state index in [1.165, 1.54) is 4.90 Å². The lowest BCUT2D eigenvalue weighted by atomic mass is 10.2. The SMILES string of the molecule is C=C(C[Si](C)(C)C)C(C)OC(=O)N(C)C. The fraction of sp³-hybridized carbons (Fsp3) is 0.727. The van der Waals surface area contributed by atoms with Crippen molar-refractivity contribution in [2.75, 3.05) is 14.1 Å². The molecule has 0 N–H and O–H groups in total. The summed E-state index contributed by atoms with van der Waals surface area (Å²) in [5, 5.41) is 0. The van der Waals surface area contributed by atoms with Gasteiger partial charge in [-0.3, -0.25) is 0 Å². The summed E-state index contributed by atoms with van der Waals surface area (Å²) >= 11 is 0. The van der Waals surface area contributed by atoms with Crippen molar-refractivity contribution in [2.45, 2.75) is 38.7 Å². The molecule has 0 aliphatic rings. The number of carbonyl (C=O) groups is 1. The molecule has 0 bridgehead atoms. The second kappa shape index (κ2) is 5.35. The van der Waals surface area contributed by atoms with E-state index >= 15 is 0 Å². The van der Waals surface area contributed by atoms with E-state index in [2.05, 4.69) is 26.2 Å². The molecule has 0 aliphatic carbocycles. The van der Waals surface area contributed by atoms with Gasteiger partial charge in [0.25, 0.3) is 0 Å². The number of hydrogen-bond acceptors (Lipinski definition) is 2. The normalized spacial score (nSPS) is 13.2. The van der Waals surface area contributed by atoms with Crippen LogP contribution in [0.1, 0.15) is 6.92 Å². The summed E-state index contributed by atoms with van der Waals surface area (Å²) in [6, 6.07) is 0.995. The minimum Gasteiger partial charge on any atom is -0.442 e. The summed E-state index contributed by atoms with van der Waals surface area (Å²) in [7, 11) is 2.19. The lowest BCUT2D eigenvalue weighted by Crippen LogP contribution is -2.29. The Kier molecular flexibility index (Phi) is 5.07. The zero-order valence-corrected chi connectivity index (χ0v) is 11.8. The van der Waals surface area contributed by atoms with Gasteiger partial charge in [-0.1, -0.05) is 26.2 Å². The molecular formula is C11H23NO2Si. The molecule has 4 heteroatoms. The molecule has 15 heavy (non-hydrogen) atoms. The van der Waals surface area contributed by atoms with Crippen LogP contribution >= 0.6 is 0 Å². The first kappa shape index (κ1) is 14.2. The Hall–Kier alpha value is -0.773. The zero-order valence-electron chi connectivity index (χ0n) is 10.8. The van der Waals surface area contributed by atoms with Gasteiger partial charge in [0.15, 0.2) is 0 Å². The molecule has 1 amide bonds. The third-order valence-electron chi connectivity index (χ3n) is 1.98. The van der Waals surface area contributed by atoms with Crippen LogP contribution in [0.3, 0.4) is 0 Å². The average molecular weight is 229 g/mol. The molecule has 0 aromatic rings. The van der Waals surface area contributed by atoms with E-state index in [0.29, 0.717) is 0 Å². The van der Waals surface area contributed by atoms with Gasteiger partial charge in [-0.15, -0.1) is 0 Å². The number of ether oxygens (including phenoxy) is 1. The monoisotopic (exact) mass is 229 g/mol.